The second-order valence-electron chi connectivity index (χ2n) is 3.20. The maximum absolute atomic E-state index is 9.74. The van der Waals surface area contributed by atoms with Crippen LogP contribution in [0.3, 0.4) is 0 Å². The van der Waals surface area contributed by atoms with E-state index in [1.54, 1.807) is 11.3 Å². The minimum Gasteiger partial charge on any atom is -0.388 e. The summed E-state index contributed by atoms with van der Waals surface area (Å²) in [7, 11) is 0. The molecule has 3 heteroatoms. The summed E-state index contributed by atoms with van der Waals surface area (Å²) in [5.74, 6) is 0. The van der Waals surface area contributed by atoms with E-state index in [4.69, 9.17) is 0 Å². The average Bonchev–Trinajstić information content (AvgIpc) is 2.47. The van der Waals surface area contributed by atoms with E-state index >= 15 is 0 Å². The van der Waals surface area contributed by atoms with Crippen LogP contribution in [0.25, 0.3) is 0 Å². The van der Waals surface area contributed by atoms with Gasteiger partial charge in [0.1, 0.15) is 0 Å². The van der Waals surface area contributed by atoms with Crippen molar-refractivity contribution in [2.75, 3.05) is 0 Å². The second-order valence-corrected chi connectivity index (χ2v) is 6.00. The van der Waals surface area contributed by atoms with Gasteiger partial charge in [-0.25, -0.2) is 0 Å². The van der Waals surface area contributed by atoms with Crippen molar-refractivity contribution in [3.05, 3.63) is 32.0 Å². The standard InChI is InChI=1S/C10H13IOS/c1-7(2)3-4-9(12)8-5-10(11)13-6-8/h5-6,9,12H,1,3-4H2,2H3. The van der Waals surface area contributed by atoms with Gasteiger partial charge in [-0.3, -0.25) is 0 Å². The van der Waals surface area contributed by atoms with Gasteiger partial charge >= 0.3 is 0 Å². The molecule has 0 saturated heterocycles. The van der Waals surface area contributed by atoms with E-state index in [-0.39, 0.29) is 6.10 Å². The molecule has 1 nitrogen and oxygen atoms in total. The first kappa shape index (κ1) is 11.2. The number of rotatable bonds is 4. The molecule has 0 bridgehead atoms. The Morgan fingerprint density at radius 3 is 2.92 bits per heavy atom. The summed E-state index contributed by atoms with van der Waals surface area (Å²) in [4.78, 5) is 0. The molecule has 1 atom stereocenters. The second kappa shape index (κ2) is 5.12. The summed E-state index contributed by atoms with van der Waals surface area (Å²) in [6, 6.07) is 2.04. The summed E-state index contributed by atoms with van der Waals surface area (Å²) >= 11 is 3.94. The molecule has 1 aromatic rings. The van der Waals surface area contributed by atoms with Crippen LogP contribution in [-0.4, -0.2) is 5.11 Å². The van der Waals surface area contributed by atoms with E-state index in [0.717, 1.165) is 24.0 Å². The van der Waals surface area contributed by atoms with Crippen LogP contribution in [0.2, 0.25) is 0 Å². The zero-order valence-corrected chi connectivity index (χ0v) is 10.6. The van der Waals surface area contributed by atoms with Crippen molar-refractivity contribution in [1.29, 1.82) is 0 Å². The molecule has 1 rings (SSSR count). The predicted octanol–water partition coefficient (Wildman–Crippen LogP) is 3.74. The molecule has 0 spiro atoms. The van der Waals surface area contributed by atoms with Gasteiger partial charge in [0.15, 0.2) is 0 Å². The normalized spacial score (nSPS) is 12.8. The third-order valence-electron chi connectivity index (χ3n) is 1.82. The smallest absolute Gasteiger partial charge is 0.0801 e. The summed E-state index contributed by atoms with van der Waals surface area (Å²) in [5, 5.41) is 11.8. The fraction of sp³-hybridized carbons (Fsp3) is 0.400. The number of hydrogen-bond donors (Lipinski definition) is 1. The number of aliphatic hydroxyl groups is 1. The highest BCUT2D eigenvalue weighted by molar-refractivity contribution is 14.1. The molecule has 0 aliphatic carbocycles. The zero-order chi connectivity index (χ0) is 9.84. The Kier molecular flexibility index (Phi) is 4.41. The van der Waals surface area contributed by atoms with E-state index in [1.807, 2.05) is 18.4 Å². The molecule has 0 amide bonds. The first-order valence-corrected chi connectivity index (χ1v) is 6.12. The molecule has 1 aromatic heterocycles. The molecule has 0 aliphatic heterocycles. The van der Waals surface area contributed by atoms with E-state index in [9.17, 15) is 5.11 Å². The van der Waals surface area contributed by atoms with Gasteiger partial charge in [0.25, 0.3) is 0 Å². The zero-order valence-electron chi connectivity index (χ0n) is 7.59. The van der Waals surface area contributed by atoms with Crippen molar-refractivity contribution in [3.8, 4) is 0 Å². The molecule has 0 aliphatic rings. The van der Waals surface area contributed by atoms with Gasteiger partial charge in [0.05, 0.1) is 8.99 Å². The number of halogens is 1. The highest BCUT2D eigenvalue weighted by Crippen LogP contribution is 2.25. The maximum atomic E-state index is 9.74. The Morgan fingerprint density at radius 2 is 2.46 bits per heavy atom. The van der Waals surface area contributed by atoms with Gasteiger partial charge < -0.3 is 5.11 Å². The van der Waals surface area contributed by atoms with Crippen LogP contribution in [0, 0.1) is 2.88 Å². The third-order valence-corrected chi connectivity index (χ3v) is 3.62. The fourth-order valence-electron chi connectivity index (χ4n) is 1.05. The van der Waals surface area contributed by atoms with Crippen LogP contribution < -0.4 is 0 Å². The Hall–Kier alpha value is 0.130. The SMILES string of the molecule is C=C(C)CCC(O)c1csc(I)c1. The van der Waals surface area contributed by atoms with Gasteiger partial charge in [-0.2, -0.15) is 0 Å². The average molecular weight is 308 g/mol. The lowest BCUT2D eigenvalue weighted by Crippen LogP contribution is -1.95. The molecule has 0 fully saturated rings. The molecule has 72 valence electrons. The molecule has 1 unspecified atom stereocenters. The van der Waals surface area contributed by atoms with E-state index in [1.165, 1.54) is 2.88 Å². The number of thiophene rings is 1. The lowest BCUT2D eigenvalue weighted by atomic mass is 10.1. The topological polar surface area (TPSA) is 20.2 Å². The summed E-state index contributed by atoms with van der Waals surface area (Å²) in [6.07, 6.45) is 1.35. The van der Waals surface area contributed by atoms with Crippen LogP contribution in [0.5, 0.6) is 0 Å². The van der Waals surface area contributed by atoms with E-state index < -0.39 is 0 Å². The molecule has 1 N–H and O–H groups in total. The molecule has 1 heterocycles. The van der Waals surface area contributed by atoms with Gasteiger partial charge in [-0.1, -0.05) is 5.57 Å². The largest absolute Gasteiger partial charge is 0.388 e. The van der Waals surface area contributed by atoms with Crippen LogP contribution in [0.4, 0.5) is 0 Å². The van der Waals surface area contributed by atoms with Gasteiger partial charge in [-0.05, 0) is 59.4 Å². The summed E-state index contributed by atoms with van der Waals surface area (Å²) in [6.45, 7) is 5.81. The van der Waals surface area contributed by atoms with Crippen molar-refractivity contribution >= 4 is 33.9 Å². The van der Waals surface area contributed by atoms with Crippen molar-refractivity contribution in [1.82, 2.24) is 0 Å². The Balaban J connectivity index is 2.48. The van der Waals surface area contributed by atoms with Crippen molar-refractivity contribution in [2.45, 2.75) is 25.9 Å². The third kappa shape index (κ3) is 3.79. The Morgan fingerprint density at radius 1 is 1.77 bits per heavy atom. The maximum Gasteiger partial charge on any atom is 0.0801 e. The minimum absolute atomic E-state index is 0.323. The summed E-state index contributed by atoms with van der Waals surface area (Å²) in [5.41, 5.74) is 2.17. The van der Waals surface area contributed by atoms with Crippen molar-refractivity contribution < 1.29 is 5.11 Å². The molecule has 0 saturated carbocycles. The molecular formula is C10H13IOS. The molecule has 0 radical (unpaired) electrons. The Labute approximate surface area is 96.6 Å². The minimum atomic E-state index is -0.323. The number of hydrogen-bond acceptors (Lipinski definition) is 2. The van der Waals surface area contributed by atoms with Crippen LogP contribution >= 0.6 is 33.9 Å². The van der Waals surface area contributed by atoms with Gasteiger partial charge in [-0.15, -0.1) is 17.9 Å². The van der Waals surface area contributed by atoms with E-state index in [0.29, 0.717) is 0 Å². The van der Waals surface area contributed by atoms with Gasteiger partial charge in [0, 0.05) is 0 Å². The van der Waals surface area contributed by atoms with Crippen LogP contribution in [0.15, 0.2) is 23.6 Å². The van der Waals surface area contributed by atoms with Crippen molar-refractivity contribution in [3.63, 3.8) is 0 Å². The highest BCUT2D eigenvalue weighted by atomic mass is 127. The molecule has 0 aromatic carbocycles. The number of aliphatic hydroxyl groups excluding tert-OH is 1. The first-order chi connectivity index (χ1) is 6.09. The number of allylic oxidation sites excluding steroid dienone is 1. The lowest BCUT2D eigenvalue weighted by molar-refractivity contribution is 0.168. The van der Waals surface area contributed by atoms with Gasteiger partial charge in [0.2, 0.25) is 0 Å². The lowest BCUT2D eigenvalue weighted by Gasteiger charge is -2.07. The van der Waals surface area contributed by atoms with Crippen molar-refractivity contribution in [2.24, 2.45) is 0 Å². The van der Waals surface area contributed by atoms with Crippen LogP contribution in [-0.2, 0) is 0 Å². The fourth-order valence-corrected chi connectivity index (χ4v) is 2.47. The highest BCUT2D eigenvalue weighted by Gasteiger charge is 2.08. The monoisotopic (exact) mass is 308 g/mol. The Bertz CT molecular complexity index is 293. The molecular weight excluding hydrogens is 295 g/mol. The summed E-state index contributed by atoms with van der Waals surface area (Å²) < 4.78 is 1.22. The quantitative estimate of drug-likeness (QED) is 0.663. The first-order valence-electron chi connectivity index (χ1n) is 4.16. The van der Waals surface area contributed by atoms with Crippen LogP contribution in [0.1, 0.15) is 31.4 Å². The molecule has 13 heavy (non-hydrogen) atoms. The predicted molar refractivity (Wildman–Crippen MR) is 66.0 cm³/mol. The van der Waals surface area contributed by atoms with E-state index in [2.05, 4.69) is 29.2 Å².